The summed E-state index contributed by atoms with van der Waals surface area (Å²) in [5, 5.41) is 21.8. The second-order valence-electron chi connectivity index (χ2n) is 7.00. The molecule has 0 rings (SSSR count). The molecule has 0 heterocycles. The number of aliphatic hydroxyl groups is 1. The van der Waals surface area contributed by atoms with Gasteiger partial charge in [0.1, 0.15) is 6.10 Å². The number of rotatable bonds is 7. The molecule has 8 heteroatoms. The molecule has 3 N–H and O–H groups in total. The van der Waals surface area contributed by atoms with E-state index in [1.54, 1.807) is 0 Å². The summed E-state index contributed by atoms with van der Waals surface area (Å²) in [5.41, 5.74) is -0.426. The number of nitrogens with one attached hydrogen (secondary N) is 1. The fourth-order valence-electron chi connectivity index (χ4n) is 2.07. The molecular formula is C16H31N3O5. The number of aliphatic hydroxyl groups excluding tert-OH is 1. The van der Waals surface area contributed by atoms with E-state index in [1.807, 2.05) is 27.7 Å². The molecule has 0 unspecified atom stereocenters. The van der Waals surface area contributed by atoms with E-state index in [-0.39, 0.29) is 18.0 Å². The lowest BCUT2D eigenvalue weighted by Gasteiger charge is -2.30. The van der Waals surface area contributed by atoms with Gasteiger partial charge in [-0.25, -0.2) is 14.5 Å². The van der Waals surface area contributed by atoms with Crippen LogP contribution in [-0.4, -0.2) is 57.9 Å². The minimum Gasteiger partial charge on any atom is -0.383 e. The van der Waals surface area contributed by atoms with Crippen LogP contribution in [0.5, 0.6) is 0 Å². The maximum Gasteiger partial charge on any atom is 0.359 e. The van der Waals surface area contributed by atoms with Crippen LogP contribution in [-0.2, 0) is 4.79 Å². The maximum absolute atomic E-state index is 12.3. The van der Waals surface area contributed by atoms with Crippen LogP contribution in [0.25, 0.3) is 0 Å². The molecule has 5 amide bonds. The number of imide groups is 2. The predicted octanol–water partition coefficient (Wildman–Crippen LogP) is 2.34. The van der Waals surface area contributed by atoms with Crippen molar-refractivity contribution in [3.05, 3.63) is 0 Å². The first-order chi connectivity index (χ1) is 11.0. The number of hydrogen-bond acceptors (Lipinski definition) is 5. The van der Waals surface area contributed by atoms with Gasteiger partial charge in [0.25, 0.3) is 5.91 Å². The second kappa shape index (κ2) is 10.2. The van der Waals surface area contributed by atoms with Gasteiger partial charge in [0.15, 0.2) is 0 Å². The SMILES string of the molecule is CCCCCC[C@H](O)C(=O)N(O)C(=O)N(CC(C)(C)C)C(=O)NC. The molecule has 140 valence electrons. The number of urea groups is 2. The van der Waals surface area contributed by atoms with Crippen molar-refractivity contribution in [1.82, 2.24) is 15.3 Å². The lowest BCUT2D eigenvalue weighted by molar-refractivity contribution is -0.164. The van der Waals surface area contributed by atoms with Crippen molar-refractivity contribution in [3.8, 4) is 0 Å². The number of hydroxylamine groups is 2. The Labute approximate surface area is 143 Å². The Morgan fingerprint density at radius 3 is 2.17 bits per heavy atom. The van der Waals surface area contributed by atoms with Crippen molar-refractivity contribution in [1.29, 1.82) is 0 Å². The summed E-state index contributed by atoms with van der Waals surface area (Å²) in [7, 11) is 1.34. The number of carbonyl (C=O) groups is 3. The molecule has 0 aliphatic carbocycles. The Morgan fingerprint density at radius 2 is 1.71 bits per heavy atom. The lowest BCUT2D eigenvalue weighted by Crippen LogP contribution is -2.54. The van der Waals surface area contributed by atoms with Crippen LogP contribution in [0.1, 0.15) is 59.8 Å². The van der Waals surface area contributed by atoms with Gasteiger partial charge < -0.3 is 10.4 Å². The smallest absolute Gasteiger partial charge is 0.359 e. The maximum atomic E-state index is 12.3. The molecule has 0 radical (unpaired) electrons. The Hall–Kier alpha value is -1.67. The summed E-state index contributed by atoms with van der Waals surface area (Å²) in [5.74, 6) is -1.13. The summed E-state index contributed by atoms with van der Waals surface area (Å²) in [6.45, 7) is 7.47. The van der Waals surface area contributed by atoms with E-state index in [2.05, 4.69) is 5.32 Å². The molecule has 0 saturated heterocycles. The summed E-state index contributed by atoms with van der Waals surface area (Å²) < 4.78 is 0. The summed E-state index contributed by atoms with van der Waals surface area (Å²) >= 11 is 0. The second-order valence-corrected chi connectivity index (χ2v) is 7.00. The Morgan fingerprint density at radius 1 is 1.12 bits per heavy atom. The molecule has 0 spiro atoms. The number of amides is 5. The zero-order chi connectivity index (χ0) is 18.9. The molecule has 0 aromatic heterocycles. The lowest BCUT2D eigenvalue weighted by atomic mass is 9.96. The summed E-state index contributed by atoms with van der Waals surface area (Å²) in [4.78, 5) is 36.8. The van der Waals surface area contributed by atoms with Gasteiger partial charge in [-0.1, -0.05) is 53.4 Å². The van der Waals surface area contributed by atoms with Crippen molar-refractivity contribution >= 4 is 18.0 Å². The summed E-state index contributed by atoms with van der Waals surface area (Å²) in [6.07, 6.45) is 2.15. The molecule has 0 aliphatic heterocycles. The number of carbonyl (C=O) groups excluding carboxylic acids is 3. The van der Waals surface area contributed by atoms with Crippen LogP contribution >= 0.6 is 0 Å². The monoisotopic (exact) mass is 345 g/mol. The van der Waals surface area contributed by atoms with Crippen molar-refractivity contribution < 1.29 is 24.7 Å². The standard InChI is InChI=1S/C16H31N3O5/c1-6-7-8-9-10-12(20)13(21)19(24)15(23)18(14(22)17-5)11-16(2,3)4/h12,20,24H,6-11H2,1-5H3,(H,17,22)/t12-/m0/s1. The van der Waals surface area contributed by atoms with Gasteiger partial charge in [-0.05, 0) is 11.8 Å². The highest BCUT2D eigenvalue weighted by Gasteiger charge is 2.34. The zero-order valence-corrected chi connectivity index (χ0v) is 15.3. The average molecular weight is 345 g/mol. The van der Waals surface area contributed by atoms with E-state index in [1.165, 1.54) is 7.05 Å². The van der Waals surface area contributed by atoms with Crippen LogP contribution in [0.15, 0.2) is 0 Å². The number of hydrogen-bond donors (Lipinski definition) is 3. The quantitative estimate of drug-likeness (QED) is 0.373. The molecule has 0 saturated carbocycles. The minimum absolute atomic E-state index is 0.00242. The zero-order valence-electron chi connectivity index (χ0n) is 15.3. The van der Waals surface area contributed by atoms with Crippen LogP contribution < -0.4 is 5.32 Å². The largest absolute Gasteiger partial charge is 0.383 e. The van der Waals surface area contributed by atoms with Gasteiger partial charge in [-0.3, -0.25) is 10.0 Å². The van der Waals surface area contributed by atoms with Crippen molar-refractivity contribution in [3.63, 3.8) is 0 Å². The highest BCUT2D eigenvalue weighted by molar-refractivity contribution is 6.01. The van der Waals surface area contributed by atoms with Gasteiger partial charge >= 0.3 is 12.1 Å². The first kappa shape index (κ1) is 22.3. The van der Waals surface area contributed by atoms with Gasteiger partial charge in [-0.15, -0.1) is 5.06 Å². The molecule has 24 heavy (non-hydrogen) atoms. The van der Waals surface area contributed by atoms with Gasteiger partial charge in [0.2, 0.25) is 0 Å². The fourth-order valence-corrected chi connectivity index (χ4v) is 2.07. The first-order valence-corrected chi connectivity index (χ1v) is 8.29. The number of nitrogens with zero attached hydrogens (tertiary/aromatic N) is 2. The average Bonchev–Trinajstić information content (AvgIpc) is 2.52. The first-order valence-electron chi connectivity index (χ1n) is 8.29. The summed E-state index contributed by atoms with van der Waals surface area (Å²) in [6, 6.07) is -1.92. The normalized spacial score (nSPS) is 12.5. The van der Waals surface area contributed by atoms with E-state index in [0.29, 0.717) is 6.42 Å². The molecule has 0 fully saturated rings. The Kier molecular flexibility index (Phi) is 9.53. The molecule has 0 aromatic rings. The third-order valence-electron chi connectivity index (χ3n) is 3.33. The Balaban J connectivity index is 4.88. The molecule has 8 nitrogen and oxygen atoms in total. The molecule has 0 bridgehead atoms. The van der Waals surface area contributed by atoms with Crippen LogP contribution in [0, 0.1) is 5.41 Å². The number of unbranched alkanes of at least 4 members (excludes halogenated alkanes) is 3. The van der Waals surface area contributed by atoms with Crippen LogP contribution in [0.3, 0.4) is 0 Å². The van der Waals surface area contributed by atoms with Gasteiger partial charge in [0, 0.05) is 13.6 Å². The van der Waals surface area contributed by atoms with E-state index >= 15 is 0 Å². The topological polar surface area (TPSA) is 110 Å². The highest BCUT2D eigenvalue weighted by atomic mass is 16.5. The third-order valence-corrected chi connectivity index (χ3v) is 3.33. The van der Waals surface area contributed by atoms with Crippen molar-refractivity contribution in [2.75, 3.05) is 13.6 Å². The Bertz CT molecular complexity index is 434. The minimum atomic E-state index is -1.48. The molecule has 0 aliphatic rings. The van der Waals surface area contributed by atoms with E-state index in [0.717, 1.165) is 24.2 Å². The van der Waals surface area contributed by atoms with Crippen LogP contribution in [0.2, 0.25) is 0 Å². The molecule has 1 atom stereocenters. The van der Waals surface area contributed by atoms with E-state index in [4.69, 9.17) is 0 Å². The molecular weight excluding hydrogens is 314 g/mol. The third kappa shape index (κ3) is 7.74. The predicted molar refractivity (Wildman–Crippen MR) is 89.4 cm³/mol. The van der Waals surface area contributed by atoms with Crippen molar-refractivity contribution in [2.45, 2.75) is 65.9 Å². The van der Waals surface area contributed by atoms with Gasteiger partial charge in [-0.2, -0.15) is 0 Å². The van der Waals surface area contributed by atoms with E-state index < -0.39 is 29.5 Å². The van der Waals surface area contributed by atoms with Crippen LogP contribution in [0.4, 0.5) is 9.59 Å². The fraction of sp³-hybridized carbons (Fsp3) is 0.812. The highest BCUT2D eigenvalue weighted by Crippen LogP contribution is 2.17. The van der Waals surface area contributed by atoms with E-state index in [9.17, 15) is 24.7 Å². The van der Waals surface area contributed by atoms with Crippen molar-refractivity contribution in [2.24, 2.45) is 5.41 Å². The van der Waals surface area contributed by atoms with Gasteiger partial charge in [0.05, 0.1) is 0 Å². The molecule has 0 aromatic carbocycles.